The number of rotatable bonds is 12. The molecular weight excluding hydrogens is 340 g/mol. The minimum absolute atomic E-state index is 0.146. The molecule has 0 spiro atoms. The molecule has 0 saturated carbocycles. The van der Waals surface area contributed by atoms with Gasteiger partial charge in [-0.15, -0.1) is 0 Å². The third-order valence-corrected chi connectivity index (χ3v) is 4.36. The van der Waals surface area contributed by atoms with E-state index in [1.807, 2.05) is 50.3 Å². The van der Waals surface area contributed by atoms with E-state index in [4.69, 9.17) is 9.47 Å². The summed E-state index contributed by atoms with van der Waals surface area (Å²) in [4.78, 5) is 25.9. The molecule has 1 unspecified atom stereocenters. The number of benzene rings is 1. The molecule has 0 heterocycles. The van der Waals surface area contributed by atoms with Gasteiger partial charge in [0.15, 0.2) is 5.78 Å². The van der Waals surface area contributed by atoms with E-state index in [-0.39, 0.29) is 25.4 Å². The van der Waals surface area contributed by atoms with Crippen molar-refractivity contribution in [2.24, 2.45) is 5.41 Å². The van der Waals surface area contributed by atoms with Crippen LogP contribution < -0.4 is 0 Å². The number of esters is 1. The second-order valence-electron chi connectivity index (χ2n) is 6.38. The van der Waals surface area contributed by atoms with Gasteiger partial charge in [-0.1, -0.05) is 66.8 Å². The molecule has 0 N–H and O–H groups in total. The van der Waals surface area contributed by atoms with Crippen LogP contribution in [0.2, 0.25) is 0 Å². The van der Waals surface area contributed by atoms with Gasteiger partial charge in [0.25, 0.3) is 0 Å². The van der Waals surface area contributed by atoms with E-state index in [1.54, 1.807) is 25.2 Å². The van der Waals surface area contributed by atoms with E-state index in [9.17, 15) is 9.59 Å². The Morgan fingerprint density at radius 1 is 1.22 bits per heavy atom. The maximum atomic E-state index is 13.1. The molecule has 1 aromatic carbocycles. The van der Waals surface area contributed by atoms with Crippen LogP contribution in [0.5, 0.6) is 0 Å². The predicted octanol–water partition coefficient (Wildman–Crippen LogP) is 4.81. The molecule has 0 aliphatic rings. The van der Waals surface area contributed by atoms with Gasteiger partial charge in [-0.25, -0.2) is 0 Å². The lowest BCUT2D eigenvalue weighted by Crippen LogP contribution is -2.43. The number of ketones is 1. The van der Waals surface area contributed by atoms with Crippen molar-refractivity contribution in [3.05, 3.63) is 72.4 Å². The summed E-state index contributed by atoms with van der Waals surface area (Å²) in [5.41, 5.74) is 0.637. The van der Waals surface area contributed by atoms with Gasteiger partial charge in [0, 0.05) is 0 Å². The molecule has 0 amide bonds. The van der Waals surface area contributed by atoms with Crippen LogP contribution in [0.25, 0.3) is 0 Å². The average molecular weight is 370 g/mol. The normalized spacial score (nSPS) is 14.0. The first kappa shape index (κ1) is 22.6. The molecule has 146 valence electrons. The molecule has 1 aromatic rings. The average Bonchev–Trinajstić information content (AvgIpc) is 2.68. The lowest BCUT2D eigenvalue weighted by molar-refractivity contribution is -0.161. The maximum absolute atomic E-state index is 13.1. The fraction of sp³-hybridized carbons (Fsp3) is 0.391. The van der Waals surface area contributed by atoms with E-state index in [0.717, 1.165) is 11.1 Å². The number of ether oxygens (including phenoxy) is 2. The number of hydrogen-bond acceptors (Lipinski definition) is 4. The summed E-state index contributed by atoms with van der Waals surface area (Å²) in [5.74, 6) is -0.778. The molecule has 4 heteroatoms. The molecule has 0 saturated heterocycles. The number of carbonyl (C=O) groups is 2. The highest BCUT2D eigenvalue weighted by Crippen LogP contribution is 2.34. The highest BCUT2D eigenvalue weighted by molar-refractivity contribution is 6.05. The summed E-state index contributed by atoms with van der Waals surface area (Å²) >= 11 is 0. The van der Waals surface area contributed by atoms with Gasteiger partial charge in [0.2, 0.25) is 0 Å². The monoisotopic (exact) mass is 370 g/mol. The van der Waals surface area contributed by atoms with Gasteiger partial charge in [-0.3, -0.25) is 9.59 Å². The van der Waals surface area contributed by atoms with Crippen LogP contribution in [0.3, 0.4) is 0 Å². The minimum atomic E-state index is -1.29. The van der Waals surface area contributed by atoms with Crippen LogP contribution in [0.4, 0.5) is 0 Å². The third kappa shape index (κ3) is 6.99. The molecule has 0 aliphatic heterocycles. The van der Waals surface area contributed by atoms with E-state index in [0.29, 0.717) is 13.0 Å². The Morgan fingerprint density at radius 2 is 1.93 bits per heavy atom. The van der Waals surface area contributed by atoms with Gasteiger partial charge in [0.05, 0.1) is 13.2 Å². The lowest BCUT2D eigenvalue weighted by Gasteiger charge is -2.29. The smallest absolute Gasteiger partial charge is 0.320 e. The zero-order chi connectivity index (χ0) is 20.1. The standard InChI is InChI=1S/C23H30O4/c1-5-8-12-15-23(16-19(4)6-2,22(25)27-7-3)21(24)18-26-17-20-13-10-9-11-14-20/h5-6,8-14H,1,7,15-18H2,2-4H3/b12-8-,19-6+. The first-order valence-electron chi connectivity index (χ1n) is 9.21. The Balaban J connectivity index is 3.02. The Labute approximate surface area is 162 Å². The third-order valence-electron chi connectivity index (χ3n) is 4.36. The Kier molecular flexibility index (Phi) is 10.1. The van der Waals surface area contributed by atoms with Crippen molar-refractivity contribution < 1.29 is 19.1 Å². The van der Waals surface area contributed by atoms with Crippen LogP contribution in [0.15, 0.2) is 66.8 Å². The summed E-state index contributed by atoms with van der Waals surface area (Å²) in [6.45, 7) is 9.57. The van der Waals surface area contributed by atoms with Crippen LogP contribution in [-0.4, -0.2) is 25.0 Å². The number of hydrogen-bond donors (Lipinski definition) is 0. The Morgan fingerprint density at radius 3 is 2.52 bits per heavy atom. The molecule has 0 aliphatic carbocycles. The maximum Gasteiger partial charge on any atom is 0.320 e. The fourth-order valence-corrected chi connectivity index (χ4v) is 2.74. The van der Waals surface area contributed by atoms with E-state index in [1.165, 1.54) is 0 Å². The number of allylic oxidation sites excluding steroid dienone is 5. The summed E-state index contributed by atoms with van der Waals surface area (Å²) in [5, 5.41) is 0. The SMILES string of the molecule is C=C/C=C\CC(C/C(C)=C/C)(C(=O)COCc1ccccc1)C(=O)OCC. The van der Waals surface area contributed by atoms with Crippen LogP contribution in [-0.2, 0) is 25.7 Å². The van der Waals surface area contributed by atoms with E-state index < -0.39 is 11.4 Å². The molecule has 0 aromatic heterocycles. The summed E-state index contributed by atoms with van der Waals surface area (Å²) in [6.07, 6.45) is 7.59. The predicted molar refractivity (Wildman–Crippen MR) is 108 cm³/mol. The highest BCUT2D eigenvalue weighted by Gasteiger charge is 2.45. The molecule has 0 bridgehead atoms. The van der Waals surface area contributed by atoms with Crippen molar-refractivity contribution in [3.8, 4) is 0 Å². The lowest BCUT2D eigenvalue weighted by atomic mass is 9.75. The second-order valence-corrected chi connectivity index (χ2v) is 6.38. The fourth-order valence-electron chi connectivity index (χ4n) is 2.74. The highest BCUT2D eigenvalue weighted by atomic mass is 16.5. The molecule has 27 heavy (non-hydrogen) atoms. The molecule has 4 nitrogen and oxygen atoms in total. The molecule has 0 radical (unpaired) electrons. The summed E-state index contributed by atoms with van der Waals surface area (Å²) in [6, 6.07) is 9.61. The zero-order valence-electron chi connectivity index (χ0n) is 16.6. The Bertz CT molecular complexity index is 673. The molecular formula is C23H30O4. The summed E-state index contributed by atoms with van der Waals surface area (Å²) < 4.78 is 10.9. The zero-order valence-corrected chi connectivity index (χ0v) is 16.6. The van der Waals surface area contributed by atoms with Gasteiger partial charge in [-0.05, 0) is 39.2 Å². The number of Topliss-reactive ketones (excluding diaryl/α,β-unsaturated/α-hetero) is 1. The first-order valence-corrected chi connectivity index (χ1v) is 9.21. The quantitative estimate of drug-likeness (QED) is 0.229. The van der Waals surface area contributed by atoms with Gasteiger partial charge < -0.3 is 9.47 Å². The van der Waals surface area contributed by atoms with Crippen molar-refractivity contribution in [1.82, 2.24) is 0 Å². The second kappa shape index (κ2) is 12.0. The summed E-state index contributed by atoms with van der Waals surface area (Å²) in [7, 11) is 0. The van der Waals surface area contributed by atoms with E-state index >= 15 is 0 Å². The van der Waals surface area contributed by atoms with Crippen LogP contribution in [0, 0.1) is 5.41 Å². The van der Waals surface area contributed by atoms with Gasteiger partial charge in [-0.2, -0.15) is 0 Å². The molecule has 1 rings (SSSR count). The topological polar surface area (TPSA) is 52.6 Å². The first-order chi connectivity index (χ1) is 13.0. The number of carbonyl (C=O) groups excluding carboxylic acids is 2. The van der Waals surface area contributed by atoms with Gasteiger partial charge >= 0.3 is 5.97 Å². The molecule has 0 fully saturated rings. The van der Waals surface area contributed by atoms with Gasteiger partial charge in [0.1, 0.15) is 12.0 Å². The van der Waals surface area contributed by atoms with Crippen molar-refractivity contribution in [1.29, 1.82) is 0 Å². The van der Waals surface area contributed by atoms with Crippen LogP contribution in [0.1, 0.15) is 39.2 Å². The van der Waals surface area contributed by atoms with Crippen molar-refractivity contribution in [3.63, 3.8) is 0 Å². The van der Waals surface area contributed by atoms with E-state index in [2.05, 4.69) is 6.58 Å². The van der Waals surface area contributed by atoms with Crippen molar-refractivity contribution in [2.45, 2.75) is 40.2 Å². The van der Waals surface area contributed by atoms with Crippen molar-refractivity contribution in [2.75, 3.05) is 13.2 Å². The Hall–Kier alpha value is -2.46. The van der Waals surface area contributed by atoms with Crippen LogP contribution >= 0.6 is 0 Å². The largest absolute Gasteiger partial charge is 0.465 e. The minimum Gasteiger partial charge on any atom is -0.465 e. The molecule has 1 atom stereocenters. The van der Waals surface area contributed by atoms with Crippen molar-refractivity contribution >= 4 is 11.8 Å².